The number of hydrogen-bond donors (Lipinski definition) is 5. The van der Waals surface area contributed by atoms with Gasteiger partial charge in [0.1, 0.15) is 30.6 Å². The summed E-state index contributed by atoms with van der Waals surface area (Å²) in [4.78, 5) is 17.8. The number of nitrogens with zero attached hydrogens (tertiary/aromatic N) is 1. The molecule has 4 bridgehead atoms. The Hall–Kier alpha value is -2.37. The van der Waals surface area contributed by atoms with E-state index >= 15 is 0 Å². The molecule has 0 aliphatic carbocycles. The minimum absolute atomic E-state index is 0.00716. The standard InChI is InChI=1S/C28H34N2O7/c1-3-14-17-10-21-23-18(15-6-4-5-7-19(15)29-23)11-20(16(17)9-8-13(2)32)30(21)27(14)37-28-26(35)25(34)24(33)22(12-31)36-28/h3-9,16-17,20-22,24-29,31,33-35H,10-12H2,1-2H3/b9-8+,14-3+/t16-,17+,20+,21+,22-,24-,25+,26-,27-,28+/m1/s1. The number of aliphatic hydroxyl groups excluding tert-OH is 4. The molecule has 4 saturated heterocycles. The third-order valence-electron chi connectivity index (χ3n) is 8.70. The zero-order valence-electron chi connectivity index (χ0n) is 20.9. The Balaban J connectivity index is 1.41. The second-order valence-corrected chi connectivity index (χ2v) is 10.7. The average molecular weight is 511 g/mol. The third kappa shape index (κ3) is 3.84. The van der Waals surface area contributed by atoms with Crippen LogP contribution in [0, 0.1) is 11.8 Å². The maximum Gasteiger partial charge on any atom is 0.188 e. The zero-order valence-corrected chi connectivity index (χ0v) is 20.9. The van der Waals surface area contributed by atoms with Crippen LogP contribution in [0.3, 0.4) is 0 Å². The highest BCUT2D eigenvalue weighted by molar-refractivity contribution is 5.87. The number of carbonyl (C=O) groups excluding carboxylic acids is 1. The van der Waals surface area contributed by atoms with Crippen LogP contribution in [0.1, 0.15) is 37.6 Å². The molecule has 37 heavy (non-hydrogen) atoms. The van der Waals surface area contributed by atoms with E-state index < -0.39 is 43.5 Å². The van der Waals surface area contributed by atoms with Crippen molar-refractivity contribution in [1.82, 2.24) is 9.88 Å². The number of piperidine rings is 3. The van der Waals surface area contributed by atoms with Crippen molar-refractivity contribution in [2.45, 2.75) is 75.7 Å². The molecule has 5 aliphatic heterocycles. The number of ketones is 1. The van der Waals surface area contributed by atoms with Crippen LogP contribution in [0.15, 0.2) is 48.1 Å². The smallest absolute Gasteiger partial charge is 0.188 e. The number of nitrogens with one attached hydrogen (secondary N) is 1. The van der Waals surface area contributed by atoms with Crippen LogP contribution in [0.2, 0.25) is 0 Å². The maximum absolute atomic E-state index is 11.9. The van der Waals surface area contributed by atoms with Gasteiger partial charge in [-0.3, -0.25) is 9.69 Å². The number of aromatic nitrogens is 1. The Morgan fingerprint density at radius 2 is 2.00 bits per heavy atom. The molecule has 9 heteroatoms. The van der Waals surface area contributed by atoms with Gasteiger partial charge in [0.05, 0.1) is 12.6 Å². The molecule has 11 atom stereocenters. The first-order valence-electron chi connectivity index (χ1n) is 13.0. The third-order valence-corrected chi connectivity index (χ3v) is 8.70. The summed E-state index contributed by atoms with van der Waals surface area (Å²) in [5, 5.41) is 42.1. The first-order valence-corrected chi connectivity index (χ1v) is 13.0. The molecule has 2 aromatic rings. The number of para-hydroxylation sites is 1. The fourth-order valence-corrected chi connectivity index (χ4v) is 7.03. The van der Waals surface area contributed by atoms with Crippen LogP contribution in [-0.2, 0) is 20.7 Å². The predicted octanol–water partition coefficient (Wildman–Crippen LogP) is 1.32. The van der Waals surface area contributed by atoms with Gasteiger partial charge in [0, 0.05) is 22.6 Å². The SMILES string of the molecule is C/C=C1/[C@@H](O[C@@H]2O[C@H](CO)[C@@H](O)[C@H](O)[C@H]2O)N2[C@H]3C[C@@H]1[C@@H](/C=C/C(C)=O)[C@@H]2Cc1c3[nH]c2ccccc12. The van der Waals surface area contributed by atoms with Gasteiger partial charge in [-0.1, -0.05) is 30.4 Å². The van der Waals surface area contributed by atoms with Crippen molar-refractivity contribution in [3.63, 3.8) is 0 Å². The van der Waals surface area contributed by atoms with Crippen molar-refractivity contribution in [1.29, 1.82) is 0 Å². The number of benzene rings is 1. The minimum Gasteiger partial charge on any atom is -0.394 e. The fraction of sp³-hybridized carbons (Fsp3) is 0.536. The summed E-state index contributed by atoms with van der Waals surface area (Å²) < 4.78 is 12.2. The van der Waals surface area contributed by atoms with Crippen molar-refractivity contribution in [3.8, 4) is 0 Å². The summed E-state index contributed by atoms with van der Waals surface area (Å²) in [5.41, 5.74) is 4.57. The van der Waals surface area contributed by atoms with Crippen LogP contribution in [0.5, 0.6) is 0 Å². The average Bonchev–Trinajstić information content (AvgIpc) is 3.27. The minimum atomic E-state index is -1.51. The van der Waals surface area contributed by atoms with Crippen LogP contribution in [0.25, 0.3) is 10.9 Å². The second-order valence-electron chi connectivity index (χ2n) is 10.7. The summed E-state index contributed by atoms with van der Waals surface area (Å²) in [6, 6.07) is 8.36. The van der Waals surface area contributed by atoms with Gasteiger partial charge < -0.3 is 34.9 Å². The van der Waals surface area contributed by atoms with Gasteiger partial charge in [-0.15, -0.1) is 0 Å². The molecule has 0 radical (unpaired) electrons. The molecule has 7 rings (SSSR count). The lowest BCUT2D eigenvalue weighted by molar-refractivity contribution is -0.330. The molecular formula is C28H34N2O7. The van der Waals surface area contributed by atoms with Gasteiger partial charge in [0.15, 0.2) is 12.1 Å². The second kappa shape index (κ2) is 9.43. The van der Waals surface area contributed by atoms with E-state index in [1.807, 2.05) is 31.2 Å². The number of ether oxygens (including phenoxy) is 2. The number of aromatic amines is 1. The lowest BCUT2D eigenvalue weighted by atomic mass is 9.63. The lowest BCUT2D eigenvalue weighted by Crippen LogP contribution is -2.67. The molecule has 5 aliphatic rings. The van der Waals surface area contributed by atoms with Crippen molar-refractivity contribution in [2.75, 3.05) is 6.61 Å². The van der Waals surface area contributed by atoms with Crippen molar-refractivity contribution >= 4 is 16.7 Å². The highest BCUT2D eigenvalue weighted by Crippen LogP contribution is 2.57. The van der Waals surface area contributed by atoms with Gasteiger partial charge in [-0.2, -0.15) is 0 Å². The monoisotopic (exact) mass is 510 g/mol. The maximum atomic E-state index is 11.9. The molecule has 9 nitrogen and oxygen atoms in total. The van der Waals surface area contributed by atoms with E-state index in [9.17, 15) is 25.2 Å². The summed E-state index contributed by atoms with van der Waals surface area (Å²) in [5.74, 6) is 0.214. The number of H-pyrrole nitrogens is 1. The molecule has 1 aromatic carbocycles. The number of carbonyl (C=O) groups is 1. The Morgan fingerprint density at radius 1 is 1.22 bits per heavy atom. The van der Waals surface area contributed by atoms with E-state index in [4.69, 9.17) is 9.47 Å². The van der Waals surface area contributed by atoms with E-state index in [2.05, 4.69) is 22.0 Å². The number of allylic oxidation sites excluding steroid dienone is 2. The normalized spacial score (nSPS) is 42.0. The number of fused-ring (bicyclic) bond motifs is 4. The largest absolute Gasteiger partial charge is 0.394 e. The Labute approximate surface area is 215 Å². The zero-order chi connectivity index (χ0) is 26.0. The molecule has 5 N–H and O–H groups in total. The predicted molar refractivity (Wildman–Crippen MR) is 134 cm³/mol. The van der Waals surface area contributed by atoms with Gasteiger partial charge >= 0.3 is 0 Å². The molecular weight excluding hydrogens is 476 g/mol. The summed E-state index contributed by atoms with van der Waals surface area (Å²) in [7, 11) is 0. The van der Waals surface area contributed by atoms with Crippen molar-refractivity contribution in [3.05, 3.63) is 59.3 Å². The fourth-order valence-electron chi connectivity index (χ4n) is 7.03. The molecule has 1 unspecified atom stereocenters. The van der Waals surface area contributed by atoms with Gasteiger partial charge in [0.2, 0.25) is 0 Å². The topological polar surface area (TPSA) is 135 Å². The Kier molecular flexibility index (Phi) is 6.35. The first kappa shape index (κ1) is 24.9. The number of aliphatic hydroxyl groups is 4. The van der Waals surface area contributed by atoms with Crippen LogP contribution >= 0.6 is 0 Å². The van der Waals surface area contributed by atoms with E-state index in [-0.39, 0.29) is 29.7 Å². The molecule has 4 fully saturated rings. The Bertz CT molecular complexity index is 1250. The molecule has 0 spiro atoms. The van der Waals surface area contributed by atoms with Gasteiger partial charge in [-0.25, -0.2) is 0 Å². The van der Waals surface area contributed by atoms with E-state index in [1.165, 1.54) is 10.9 Å². The molecule has 0 saturated carbocycles. The van der Waals surface area contributed by atoms with Crippen molar-refractivity contribution < 1.29 is 34.7 Å². The quantitative estimate of drug-likeness (QED) is 0.300. The number of rotatable bonds is 5. The van der Waals surface area contributed by atoms with Gasteiger partial charge in [-0.05, 0) is 61.8 Å². The summed E-state index contributed by atoms with van der Waals surface area (Å²) in [6.07, 6.45) is 0.0923. The van der Waals surface area contributed by atoms with E-state index in [0.29, 0.717) is 0 Å². The van der Waals surface area contributed by atoms with Gasteiger partial charge in [0.25, 0.3) is 0 Å². The first-order chi connectivity index (χ1) is 17.8. The highest BCUT2D eigenvalue weighted by Gasteiger charge is 2.58. The van der Waals surface area contributed by atoms with Crippen molar-refractivity contribution in [2.24, 2.45) is 11.8 Å². The number of hydrogen-bond acceptors (Lipinski definition) is 8. The van der Waals surface area contributed by atoms with Crippen LogP contribution in [0.4, 0.5) is 0 Å². The molecule has 198 valence electrons. The molecule has 0 amide bonds. The summed E-state index contributed by atoms with van der Waals surface area (Å²) in [6.45, 7) is 3.00. The van der Waals surface area contributed by atoms with E-state index in [0.717, 1.165) is 29.6 Å². The lowest BCUT2D eigenvalue weighted by Gasteiger charge is -2.61. The highest BCUT2D eigenvalue weighted by atomic mass is 16.7. The van der Waals surface area contributed by atoms with E-state index in [1.54, 1.807) is 13.0 Å². The Morgan fingerprint density at radius 3 is 2.73 bits per heavy atom. The summed E-state index contributed by atoms with van der Waals surface area (Å²) >= 11 is 0. The van der Waals surface area contributed by atoms with Crippen LogP contribution in [-0.4, -0.2) is 85.7 Å². The molecule has 1 aromatic heterocycles. The van der Waals surface area contributed by atoms with Crippen LogP contribution < -0.4 is 0 Å². The molecule has 6 heterocycles.